The molecule has 2 aromatic carbocycles. The number of anilines is 2. The predicted molar refractivity (Wildman–Crippen MR) is 100 cm³/mol. The highest BCUT2D eigenvalue weighted by molar-refractivity contribution is 7.89. The van der Waals surface area contributed by atoms with E-state index in [9.17, 15) is 18.5 Å². The third kappa shape index (κ3) is 4.30. The molecule has 0 aliphatic heterocycles. The third-order valence-corrected chi connectivity index (χ3v) is 5.26. The molecule has 0 atom stereocenters. The van der Waals surface area contributed by atoms with E-state index < -0.39 is 14.9 Å². The Hall–Kier alpha value is -3.24. The smallest absolute Gasteiger partial charge is 0.294 e. The number of nitrogens with one attached hydrogen (secondary N) is 2. The molecular weight excluding hydrogens is 370 g/mol. The SMILES string of the molecule is CNS(=O)(=O)c1ccc(Nc2cnn(Cc3ccccc3)c2)c([N+](=O)[O-])c1. The Bertz CT molecular complexity index is 1060. The molecule has 1 heterocycles. The van der Waals surface area contributed by atoms with Crippen LogP contribution in [-0.4, -0.2) is 30.2 Å². The zero-order chi connectivity index (χ0) is 19.4. The molecule has 2 N–H and O–H groups in total. The average molecular weight is 387 g/mol. The number of hydrogen-bond donors (Lipinski definition) is 2. The van der Waals surface area contributed by atoms with Gasteiger partial charge in [0.15, 0.2) is 0 Å². The zero-order valence-corrected chi connectivity index (χ0v) is 15.2. The largest absolute Gasteiger partial charge is 0.347 e. The highest BCUT2D eigenvalue weighted by Crippen LogP contribution is 2.30. The van der Waals surface area contributed by atoms with Crippen molar-refractivity contribution < 1.29 is 13.3 Å². The minimum absolute atomic E-state index is 0.175. The van der Waals surface area contributed by atoms with Gasteiger partial charge in [-0.15, -0.1) is 0 Å². The van der Waals surface area contributed by atoms with Gasteiger partial charge in [0.1, 0.15) is 5.69 Å². The van der Waals surface area contributed by atoms with E-state index in [4.69, 9.17) is 0 Å². The minimum atomic E-state index is -3.77. The summed E-state index contributed by atoms with van der Waals surface area (Å²) in [7, 11) is -2.53. The third-order valence-electron chi connectivity index (χ3n) is 3.84. The summed E-state index contributed by atoms with van der Waals surface area (Å²) >= 11 is 0. The summed E-state index contributed by atoms with van der Waals surface area (Å²) in [6.45, 7) is 0.559. The van der Waals surface area contributed by atoms with Crippen LogP contribution in [0.15, 0.2) is 65.8 Å². The van der Waals surface area contributed by atoms with Crippen LogP contribution in [0.4, 0.5) is 17.1 Å². The molecule has 140 valence electrons. The van der Waals surface area contributed by atoms with Crippen LogP contribution in [0.2, 0.25) is 0 Å². The zero-order valence-electron chi connectivity index (χ0n) is 14.4. The summed E-state index contributed by atoms with van der Waals surface area (Å²) in [5, 5.41) is 18.5. The van der Waals surface area contributed by atoms with Gasteiger partial charge in [0.05, 0.1) is 28.2 Å². The summed E-state index contributed by atoms with van der Waals surface area (Å²) in [5.41, 5.74) is 1.45. The maximum atomic E-state index is 11.9. The Kier molecular flexibility index (Phi) is 5.19. The molecule has 27 heavy (non-hydrogen) atoms. The number of rotatable bonds is 7. The fourth-order valence-electron chi connectivity index (χ4n) is 2.49. The van der Waals surface area contributed by atoms with Crippen molar-refractivity contribution in [2.24, 2.45) is 0 Å². The monoisotopic (exact) mass is 387 g/mol. The molecule has 0 aliphatic rings. The van der Waals surface area contributed by atoms with Crippen LogP contribution in [0.3, 0.4) is 0 Å². The van der Waals surface area contributed by atoms with Gasteiger partial charge < -0.3 is 5.32 Å². The Labute approximate surface area is 155 Å². The summed E-state index contributed by atoms with van der Waals surface area (Å²) in [4.78, 5) is 10.5. The Morgan fingerprint density at radius 3 is 2.59 bits per heavy atom. The fraction of sp³-hybridized carbons (Fsp3) is 0.118. The maximum absolute atomic E-state index is 11.9. The average Bonchev–Trinajstić information content (AvgIpc) is 3.09. The molecule has 0 radical (unpaired) electrons. The van der Waals surface area contributed by atoms with E-state index in [1.165, 1.54) is 19.2 Å². The first kappa shape index (κ1) is 18.5. The van der Waals surface area contributed by atoms with Crippen molar-refractivity contribution in [1.29, 1.82) is 0 Å². The van der Waals surface area contributed by atoms with E-state index in [0.717, 1.165) is 11.6 Å². The fourth-order valence-corrected chi connectivity index (χ4v) is 3.24. The van der Waals surface area contributed by atoms with Gasteiger partial charge in [-0.1, -0.05) is 30.3 Å². The predicted octanol–water partition coefficient (Wildman–Crippen LogP) is 2.49. The second-order valence-corrected chi connectivity index (χ2v) is 7.57. The van der Waals surface area contributed by atoms with Gasteiger partial charge >= 0.3 is 0 Å². The van der Waals surface area contributed by atoms with Gasteiger partial charge in [0.2, 0.25) is 10.0 Å². The summed E-state index contributed by atoms with van der Waals surface area (Å²) in [6, 6.07) is 13.4. The molecule has 0 saturated carbocycles. The summed E-state index contributed by atoms with van der Waals surface area (Å²) < 4.78 is 27.5. The number of nitro benzene ring substituents is 1. The lowest BCUT2D eigenvalue weighted by molar-refractivity contribution is -0.384. The normalized spacial score (nSPS) is 11.3. The number of nitrogens with zero attached hydrogens (tertiary/aromatic N) is 3. The van der Waals surface area contributed by atoms with Crippen LogP contribution in [0, 0.1) is 10.1 Å². The summed E-state index contributed by atoms with van der Waals surface area (Å²) in [5.74, 6) is 0. The molecule has 0 bridgehead atoms. The van der Waals surface area contributed by atoms with Crippen molar-refractivity contribution in [2.75, 3.05) is 12.4 Å². The van der Waals surface area contributed by atoms with Gasteiger partial charge in [-0.3, -0.25) is 14.8 Å². The minimum Gasteiger partial charge on any atom is -0.347 e. The van der Waals surface area contributed by atoms with Crippen molar-refractivity contribution >= 4 is 27.1 Å². The quantitative estimate of drug-likeness (QED) is 0.475. The number of benzene rings is 2. The van der Waals surface area contributed by atoms with Crippen LogP contribution in [0.5, 0.6) is 0 Å². The first-order chi connectivity index (χ1) is 12.9. The summed E-state index contributed by atoms with van der Waals surface area (Å²) in [6.07, 6.45) is 3.26. The van der Waals surface area contributed by atoms with Crippen molar-refractivity contribution in [3.63, 3.8) is 0 Å². The molecule has 10 heteroatoms. The van der Waals surface area contributed by atoms with Crippen molar-refractivity contribution in [2.45, 2.75) is 11.4 Å². The van der Waals surface area contributed by atoms with E-state index in [2.05, 4.69) is 15.1 Å². The van der Waals surface area contributed by atoms with Crippen LogP contribution in [-0.2, 0) is 16.6 Å². The van der Waals surface area contributed by atoms with Crippen molar-refractivity contribution in [3.05, 3.63) is 76.6 Å². The van der Waals surface area contributed by atoms with Gasteiger partial charge in [-0.05, 0) is 24.7 Å². The lowest BCUT2D eigenvalue weighted by Gasteiger charge is -2.07. The van der Waals surface area contributed by atoms with Crippen LogP contribution in [0.1, 0.15) is 5.56 Å². The second kappa shape index (κ2) is 7.56. The molecule has 0 aliphatic carbocycles. The van der Waals surface area contributed by atoms with E-state index in [1.807, 2.05) is 30.3 Å². The van der Waals surface area contributed by atoms with E-state index >= 15 is 0 Å². The highest BCUT2D eigenvalue weighted by atomic mass is 32.2. The number of aromatic nitrogens is 2. The first-order valence-corrected chi connectivity index (χ1v) is 9.43. The van der Waals surface area contributed by atoms with Crippen LogP contribution in [0.25, 0.3) is 0 Å². The molecule has 0 unspecified atom stereocenters. The molecule has 1 aromatic heterocycles. The standard InChI is InChI=1S/C17H17N5O4S/c1-18-27(25,26)15-7-8-16(17(9-15)22(23)24)20-14-10-19-21(12-14)11-13-5-3-2-4-6-13/h2-10,12,18,20H,11H2,1H3. The Balaban J connectivity index is 1.84. The van der Waals surface area contributed by atoms with Gasteiger partial charge in [0, 0.05) is 12.3 Å². The molecule has 0 saturated heterocycles. The number of nitro groups is 1. The molecule has 3 aromatic rings. The molecule has 3 rings (SSSR count). The maximum Gasteiger partial charge on any atom is 0.294 e. The number of hydrogen-bond acceptors (Lipinski definition) is 6. The number of sulfonamides is 1. The second-order valence-electron chi connectivity index (χ2n) is 5.68. The first-order valence-electron chi connectivity index (χ1n) is 7.94. The lowest BCUT2D eigenvalue weighted by Crippen LogP contribution is -2.18. The van der Waals surface area contributed by atoms with Gasteiger partial charge in [-0.25, -0.2) is 13.1 Å². The van der Waals surface area contributed by atoms with Crippen LogP contribution >= 0.6 is 0 Å². The molecule has 0 fully saturated rings. The lowest BCUT2D eigenvalue weighted by atomic mass is 10.2. The van der Waals surface area contributed by atoms with Gasteiger partial charge in [0.25, 0.3) is 5.69 Å². The van der Waals surface area contributed by atoms with Gasteiger partial charge in [-0.2, -0.15) is 5.10 Å². The Morgan fingerprint density at radius 1 is 1.19 bits per heavy atom. The van der Waals surface area contributed by atoms with E-state index in [1.54, 1.807) is 17.1 Å². The van der Waals surface area contributed by atoms with Crippen molar-refractivity contribution in [1.82, 2.24) is 14.5 Å². The van der Waals surface area contributed by atoms with Crippen molar-refractivity contribution in [3.8, 4) is 0 Å². The molecule has 0 spiro atoms. The van der Waals surface area contributed by atoms with E-state index in [0.29, 0.717) is 12.2 Å². The van der Waals surface area contributed by atoms with Crippen LogP contribution < -0.4 is 10.0 Å². The highest BCUT2D eigenvalue weighted by Gasteiger charge is 2.20. The molecule has 0 amide bonds. The van der Waals surface area contributed by atoms with E-state index in [-0.39, 0.29) is 16.3 Å². The molecule has 9 nitrogen and oxygen atoms in total. The topological polar surface area (TPSA) is 119 Å². The molecular formula is C17H17N5O4S. The Morgan fingerprint density at radius 2 is 1.93 bits per heavy atom.